The Hall–Kier alpha value is -2.47. The van der Waals surface area contributed by atoms with Crippen molar-refractivity contribution in [2.45, 2.75) is 12.5 Å². The van der Waals surface area contributed by atoms with Crippen LogP contribution in [0.3, 0.4) is 0 Å². The molecule has 0 saturated heterocycles. The number of rotatable bonds is 5. The lowest BCUT2D eigenvalue weighted by Gasteiger charge is -2.17. The summed E-state index contributed by atoms with van der Waals surface area (Å²) < 4.78 is 13.5. The van der Waals surface area contributed by atoms with Crippen LogP contribution in [0, 0.1) is 5.82 Å². The van der Waals surface area contributed by atoms with Crippen molar-refractivity contribution in [1.29, 1.82) is 0 Å². The fourth-order valence-corrected chi connectivity index (χ4v) is 3.54. The molecule has 138 valence electrons. The van der Waals surface area contributed by atoms with Crippen LogP contribution in [0.5, 0.6) is 0 Å². The molecule has 3 rings (SSSR count). The number of pyridine rings is 1. The molecular formula is C20H15Cl2FN2O2. The van der Waals surface area contributed by atoms with E-state index >= 15 is 0 Å². The standard InChI is InChI=1S/C20H15Cl2FN2O2/c21-14-3-1-4-15(22)18(14)19(20(24)27)17-6-2-5-16(25-17)13-8-7-12(23)9-11(13)10-26/h1-9,19,26H,10H2,(H2,24,27). The number of nitrogens with two attached hydrogens (primary N) is 1. The summed E-state index contributed by atoms with van der Waals surface area (Å²) in [6.07, 6.45) is 0. The molecule has 1 amide bonds. The number of primary amides is 1. The molecule has 1 unspecified atom stereocenters. The van der Waals surface area contributed by atoms with Gasteiger partial charge in [-0.2, -0.15) is 0 Å². The molecule has 7 heteroatoms. The third-order valence-electron chi connectivity index (χ3n) is 4.15. The molecule has 1 heterocycles. The molecule has 1 aromatic heterocycles. The molecule has 1 atom stereocenters. The summed E-state index contributed by atoms with van der Waals surface area (Å²) in [5.74, 6) is -2.07. The van der Waals surface area contributed by atoms with Crippen molar-refractivity contribution in [1.82, 2.24) is 4.98 Å². The summed E-state index contributed by atoms with van der Waals surface area (Å²) in [5.41, 5.74) is 7.74. The number of aliphatic hydroxyl groups excluding tert-OH is 1. The maximum absolute atomic E-state index is 13.5. The van der Waals surface area contributed by atoms with E-state index in [-0.39, 0.29) is 6.61 Å². The lowest BCUT2D eigenvalue weighted by atomic mass is 9.93. The Morgan fingerprint density at radius 1 is 1.11 bits per heavy atom. The normalized spacial score (nSPS) is 12.0. The zero-order chi connectivity index (χ0) is 19.6. The molecule has 27 heavy (non-hydrogen) atoms. The number of amides is 1. The second kappa shape index (κ2) is 8.05. The van der Waals surface area contributed by atoms with Gasteiger partial charge in [0.15, 0.2) is 0 Å². The monoisotopic (exact) mass is 404 g/mol. The van der Waals surface area contributed by atoms with Crippen molar-refractivity contribution in [2.24, 2.45) is 5.73 Å². The van der Waals surface area contributed by atoms with Gasteiger partial charge in [-0.3, -0.25) is 9.78 Å². The Balaban J connectivity index is 2.15. The minimum atomic E-state index is -0.954. The van der Waals surface area contributed by atoms with E-state index in [9.17, 15) is 14.3 Å². The van der Waals surface area contributed by atoms with E-state index in [1.165, 1.54) is 18.2 Å². The number of aliphatic hydroxyl groups is 1. The predicted octanol–water partition coefficient (Wildman–Crippen LogP) is 4.30. The zero-order valence-corrected chi connectivity index (χ0v) is 15.5. The highest BCUT2D eigenvalue weighted by atomic mass is 35.5. The van der Waals surface area contributed by atoms with Crippen LogP contribution in [0.1, 0.15) is 22.7 Å². The van der Waals surface area contributed by atoms with Gasteiger partial charge in [0.05, 0.1) is 18.0 Å². The fraction of sp³-hybridized carbons (Fsp3) is 0.100. The van der Waals surface area contributed by atoms with Gasteiger partial charge in [0.25, 0.3) is 0 Å². The molecule has 0 fully saturated rings. The number of carbonyl (C=O) groups is 1. The third kappa shape index (κ3) is 3.95. The van der Waals surface area contributed by atoms with Gasteiger partial charge in [0.2, 0.25) is 5.91 Å². The quantitative estimate of drug-likeness (QED) is 0.665. The van der Waals surface area contributed by atoms with Gasteiger partial charge in [-0.05, 0) is 48.0 Å². The molecule has 3 aromatic rings. The number of benzene rings is 2. The van der Waals surface area contributed by atoms with Crippen molar-refractivity contribution in [2.75, 3.05) is 0 Å². The first-order valence-corrected chi connectivity index (χ1v) is 8.77. The highest BCUT2D eigenvalue weighted by Crippen LogP contribution is 2.35. The number of hydrogen-bond donors (Lipinski definition) is 2. The molecule has 4 nitrogen and oxygen atoms in total. The summed E-state index contributed by atoms with van der Waals surface area (Å²) in [6, 6.07) is 14.0. The minimum Gasteiger partial charge on any atom is -0.392 e. The molecule has 2 aromatic carbocycles. The van der Waals surface area contributed by atoms with Crippen LogP contribution in [0.25, 0.3) is 11.3 Å². The minimum absolute atomic E-state index is 0.302. The number of nitrogens with zero attached hydrogens (tertiary/aromatic N) is 1. The third-order valence-corrected chi connectivity index (χ3v) is 4.81. The van der Waals surface area contributed by atoms with Gasteiger partial charge in [-0.15, -0.1) is 0 Å². The smallest absolute Gasteiger partial charge is 0.231 e. The van der Waals surface area contributed by atoms with E-state index in [1.807, 2.05) is 0 Å². The van der Waals surface area contributed by atoms with E-state index < -0.39 is 17.6 Å². The first kappa shape index (κ1) is 19.3. The van der Waals surface area contributed by atoms with Crippen LogP contribution >= 0.6 is 23.2 Å². The lowest BCUT2D eigenvalue weighted by molar-refractivity contribution is -0.118. The molecule has 0 spiro atoms. The van der Waals surface area contributed by atoms with Crippen LogP contribution < -0.4 is 5.73 Å². The van der Waals surface area contributed by atoms with E-state index in [0.29, 0.717) is 38.1 Å². The van der Waals surface area contributed by atoms with Crippen LogP contribution in [-0.2, 0) is 11.4 Å². The van der Waals surface area contributed by atoms with Crippen LogP contribution in [0.4, 0.5) is 4.39 Å². The van der Waals surface area contributed by atoms with E-state index in [1.54, 1.807) is 36.4 Å². The Labute approximate surface area is 165 Å². The number of aromatic nitrogens is 1. The highest BCUT2D eigenvalue weighted by Gasteiger charge is 2.27. The van der Waals surface area contributed by atoms with Gasteiger partial charge < -0.3 is 10.8 Å². The molecular weight excluding hydrogens is 390 g/mol. The molecule has 0 aliphatic rings. The summed E-state index contributed by atoms with van der Waals surface area (Å²) >= 11 is 12.5. The molecule has 0 aliphatic carbocycles. The van der Waals surface area contributed by atoms with Gasteiger partial charge in [0, 0.05) is 21.2 Å². The number of carbonyl (C=O) groups excluding carboxylic acids is 1. The topological polar surface area (TPSA) is 76.2 Å². The van der Waals surface area contributed by atoms with Crippen molar-refractivity contribution >= 4 is 29.1 Å². The SMILES string of the molecule is NC(=O)C(c1cccc(-c2ccc(F)cc2CO)n1)c1c(Cl)cccc1Cl. The summed E-state index contributed by atoms with van der Waals surface area (Å²) in [7, 11) is 0. The zero-order valence-electron chi connectivity index (χ0n) is 14.0. The Kier molecular flexibility index (Phi) is 5.75. The lowest BCUT2D eigenvalue weighted by Crippen LogP contribution is -2.24. The Morgan fingerprint density at radius 2 is 1.78 bits per heavy atom. The maximum Gasteiger partial charge on any atom is 0.231 e. The van der Waals surface area contributed by atoms with Gasteiger partial charge >= 0.3 is 0 Å². The van der Waals surface area contributed by atoms with Crippen molar-refractivity contribution in [3.63, 3.8) is 0 Å². The van der Waals surface area contributed by atoms with Crippen molar-refractivity contribution < 1.29 is 14.3 Å². The molecule has 0 saturated carbocycles. The predicted molar refractivity (Wildman–Crippen MR) is 103 cm³/mol. The summed E-state index contributed by atoms with van der Waals surface area (Å²) in [6.45, 7) is -0.353. The summed E-state index contributed by atoms with van der Waals surface area (Å²) in [4.78, 5) is 16.7. The molecule has 3 N–H and O–H groups in total. The van der Waals surface area contributed by atoms with Crippen LogP contribution in [0.15, 0.2) is 54.6 Å². The summed E-state index contributed by atoms with van der Waals surface area (Å²) in [5, 5.41) is 10.1. The molecule has 0 aliphatic heterocycles. The van der Waals surface area contributed by atoms with Crippen molar-refractivity contribution in [3.8, 4) is 11.3 Å². The van der Waals surface area contributed by atoms with E-state index in [4.69, 9.17) is 28.9 Å². The highest BCUT2D eigenvalue weighted by molar-refractivity contribution is 6.36. The second-order valence-electron chi connectivity index (χ2n) is 5.88. The first-order valence-electron chi connectivity index (χ1n) is 8.02. The first-order chi connectivity index (χ1) is 12.9. The van der Waals surface area contributed by atoms with Crippen molar-refractivity contribution in [3.05, 3.63) is 87.3 Å². The second-order valence-corrected chi connectivity index (χ2v) is 6.69. The van der Waals surface area contributed by atoms with Gasteiger partial charge in [-0.1, -0.05) is 35.3 Å². The Morgan fingerprint density at radius 3 is 2.41 bits per heavy atom. The van der Waals surface area contributed by atoms with Gasteiger partial charge in [0.1, 0.15) is 11.7 Å². The Bertz CT molecular complexity index is 991. The molecule has 0 bridgehead atoms. The maximum atomic E-state index is 13.5. The van der Waals surface area contributed by atoms with Gasteiger partial charge in [-0.25, -0.2) is 4.39 Å². The number of halogens is 3. The van der Waals surface area contributed by atoms with Crippen LogP contribution in [-0.4, -0.2) is 16.0 Å². The fourth-order valence-electron chi connectivity index (χ4n) is 2.93. The van der Waals surface area contributed by atoms with E-state index in [2.05, 4.69) is 4.98 Å². The largest absolute Gasteiger partial charge is 0.392 e. The average molecular weight is 405 g/mol. The average Bonchev–Trinajstić information content (AvgIpc) is 2.64. The number of hydrogen-bond acceptors (Lipinski definition) is 3. The van der Waals surface area contributed by atoms with E-state index in [0.717, 1.165) is 0 Å². The molecule has 0 radical (unpaired) electrons. The van der Waals surface area contributed by atoms with Crippen LogP contribution in [0.2, 0.25) is 10.0 Å².